The number of anilines is 2. The van der Waals surface area contributed by atoms with Crippen LogP contribution < -0.4 is 21.6 Å². The van der Waals surface area contributed by atoms with Gasteiger partial charge in [-0.15, -0.1) is 0 Å². The lowest BCUT2D eigenvalue weighted by Gasteiger charge is -2.25. The van der Waals surface area contributed by atoms with Crippen molar-refractivity contribution in [3.8, 4) is 6.07 Å². The molecule has 1 aliphatic carbocycles. The van der Waals surface area contributed by atoms with E-state index in [0.717, 1.165) is 28.0 Å². The number of carboxylic acid groups (broad SMARTS) is 1. The molecule has 0 atom stereocenters. The zero-order valence-corrected chi connectivity index (χ0v) is 19.3. The highest BCUT2D eigenvalue weighted by atomic mass is 32.2. The molecule has 0 aromatic heterocycles. The topological polar surface area (TPSA) is 149 Å². The van der Waals surface area contributed by atoms with Crippen LogP contribution in [0.25, 0.3) is 0 Å². The predicted octanol–water partition coefficient (Wildman–Crippen LogP) is 3.14. The number of aromatic carboxylic acids is 1. The van der Waals surface area contributed by atoms with Gasteiger partial charge in [0.25, 0.3) is 0 Å². The summed E-state index contributed by atoms with van der Waals surface area (Å²) in [6.07, 6.45) is 2.43. The second-order valence-corrected chi connectivity index (χ2v) is 8.62. The summed E-state index contributed by atoms with van der Waals surface area (Å²) in [4.78, 5) is 25.9. The molecule has 0 spiro atoms. The number of carbonyl (C=O) groups is 2. The van der Waals surface area contributed by atoms with E-state index in [9.17, 15) is 14.9 Å². The number of hydrogen-bond acceptors (Lipinski definition) is 7. The SMILES string of the molecule is CCN(C(=O)CS/C(=N/N)N(N)c1ccc(C(=O)O)cc1C#N)c1ccc(C2CC2)cc1C. The van der Waals surface area contributed by atoms with Gasteiger partial charge in [-0.2, -0.15) is 10.4 Å². The lowest BCUT2D eigenvalue weighted by atomic mass is 10.1. The van der Waals surface area contributed by atoms with Gasteiger partial charge >= 0.3 is 5.97 Å². The molecular weight excluding hydrogens is 440 g/mol. The maximum absolute atomic E-state index is 13.0. The van der Waals surface area contributed by atoms with E-state index in [4.69, 9.17) is 16.8 Å². The molecule has 0 unspecified atom stereocenters. The quantitative estimate of drug-likeness (QED) is 0.244. The van der Waals surface area contributed by atoms with Crippen LogP contribution in [0, 0.1) is 18.3 Å². The van der Waals surface area contributed by atoms with E-state index in [0.29, 0.717) is 12.5 Å². The number of nitrogens with zero attached hydrogens (tertiary/aromatic N) is 4. The summed E-state index contributed by atoms with van der Waals surface area (Å²) < 4.78 is 0. The van der Waals surface area contributed by atoms with Gasteiger partial charge < -0.3 is 15.8 Å². The molecule has 5 N–H and O–H groups in total. The highest BCUT2D eigenvalue weighted by Gasteiger charge is 2.25. The van der Waals surface area contributed by atoms with E-state index in [2.05, 4.69) is 17.2 Å². The van der Waals surface area contributed by atoms with Gasteiger partial charge in [0, 0.05) is 12.2 Å². The number of nitriles is 1. The van der Waals surface area contributed by atoms with Crippen LogP contribution in [0.4, 0.5) is 11.4 Å². The Bertz CT molecular complexity index is 1140. The molecule has 0 saturated heterocycles. The number of thioether (sulfide) groups is 1. The normalized spacial score (nSPS) is 13.3. The van der Waals surface area contributed by atoms with Crippen LogP contribution in [0.2, 0.25) is 0 Å². The van der Waals surface area contributed by atoms with E-state index in [1.54, 1.807) is 4.90 Å². The minimum Gasteiger partial charge on any atom is -0.478 e. The first-order valence-corrected chi connectivity index (χ1v) is 11.4. The van der Waals surface area contributed by atoms with Crippen molar-refractivity contribution < 1.29 is 14.7 Å². The van der Waals surface area contributed by atoms with Crippen LogP contribution in [-0.2, 0) is 4.79 Å². The fraction of sp³-hybridized carbons (Fsp3) is 0.304. The standard InChI is InChI=1S/C23H26N6O3S/c1-3-28(19-8-6-16(10-14(19)2)15-4-5-15)21(30)13-33-23(27-25)29(26)20-9-7-17(22(31)32)11-18(20)12-24/h6-11,15H,3-5,13,25-26H2,1-2H3,(H,31,32)/b27-23+. The Hall–Kier alpha value is -3.55. The first kappa shape index (κ1) is 24.1. The summed E-state index contributed by atoms with van der Waals surface area (Å²) in [5.41, 5.74) is 3.45. The number of aryl methyl sites for hydroxylation is 1. The van der Waals surface area contributed by atoms with Gasteiger partial charge in [-0.1, -0.05) is 23.9 Å². The van der Waals surface area contributed by atoms with Crippen molar-refractivity contribution in [2.45, 2.75) is 32.6 Å². The zero-order chi connectivity index (χ0) is 24.1. The fourth-order valence-corrected chi connectivity index (χ4v) is 4.30. The average molecular weight is 467 g/mol. The summed E-state index contributed by atoms with van der Waals surface area (Å²) in [5.74, 6) is 11.0. The molecule has 2 aromatic rings. The number of carboxylic acids is 1. The Balaban J connectivity index is 1.72. The van der Waals surface area contributed by atoms with Gasteiger partial charge in [0.1, 0.15) is 6.07 Å². The molecule has 10 heteroatoms. The summed E-state index contributed by atoms with van der Waals surface area (Å²) >= 11 is 1.03. The second kappa shape index (κ2) is 10.4. The van der Waals surface area contributed by atoms with Gasteiger partial charge in [-0.25, -0.2) is 10.6 Å². The Morgan fingerprint density at radius 1 is 1.24 bits per heavy atom. The van der Waals surface area contributed by atoms with Crippen molar-refractivity contribution >= 4 is 40.2 Å². The van der Waals surface area contributed by atoms with Gasteiger partial charge in [-0.3, -0.25) is 9.80 Å². The van der Waals surface area contributed by atoms with Crippen LogP contribution in [0.15, 0.2) is 41.5 Å². The monoisotopic (exact) mass is 466 g/mol. The van der Waals surface area contributed by atoms with Crippen LogP contribution in [-0.4, -0.2) is 34.4 Å². The Morgan fingerprint density at radius 3 is 2.48 bits per heavy atom. The molecule has 9 nitrogen and oxygen atoms in total. The predicted molar refractivity (Wildman–Crippen MR) is 130 cm³/mol. The molecule has 1 fully saturated rings. The van der Waals surface area contributed by atoms with Crippen molar-refractivity contribution in [3.05, 3.63) is 58.7 Å². The van der Waals surface area contributed by atoms with Crippen molar-refractivity contribution in [1.29, 1.82) is 5.26 Å². The summed E-state index contributed by atoms with van der Waals surface area (Å²) in [6, 6.07) is 12.1. The van der Waals surface area contributed by atoms with E-state index in [1.165, 1.54) is 36.6 Å². The molecule has 1 aliphatic rings. The third-order valence-electron chi connectivity index (χ3n) is 5.44. The number of carbonyl (C=O) groups excluding carboxylic acids is 1. The lowest BCUT2D eigenvalue weighted by molar-refractivity contribution is -0.116. The Morgan fingerprint density at radius 2 is 1.94 bits per heavy atom. The highest BCUT2D eigenvalue weighted by molar-refractivity contribution is 8.14. The van der Waals surface area contributed by atoms with Gasteiger partial charge in [0.05, 0.1) is 22.6 Å². The summed E-state index contributed by atoms with van der Waals surface area (Å²) in [6.45, 7) is 4.41. The molecule has 0 heterocycles. The van der Waals surface area contributed by atoms with Gasteiger partial charge in [0.15, 0.2) is 0 Å². The number of hydrazine groups is 1. The molecule has 0 radical (unpaired) electrons. The molecule has 1 amide bonds. The minimum atomic E-state index is -1.16. The van der Waals surface area contributed by atoms with E-state index in [1.807, 2.05) is 26.0 Å². The molecule has 33 heavy (non-hydrogen) atoms. The molecule has 172 valence electrons. The van der Waals surface area contributed by atoms with Crippen LogP contribution in [0.3, 0.4) is 0 Å². The molecule has 3 rings (SSSR count). The number of amidine groups is 1. The Labute approximate surface area is 196 Å². The van der Waals surface area contributed by atoms with Crippen LogP contribution in [0.5, 0.6) is 0 Å². The largest absolute Gasteiger partial charge is 0.478 e. The second-order valence-electron chi connectivity index (χ2n) is 7.68. The maximum Gasteiger partial charge on any atom is 0.335 e. The third kappa shape index (κ3) is 5.45. The average Bonchev–Trinajstić information content (AvgIpc) is 3.65. The van der Waals surface area contributed by atoms with Crippen molar-refractivity contribution in [1.82, 2.24) is 0 Å². The van der Waals surface area contributed by atoms with Crippen LogP contribution >= 0.6 is 11.8 Å². The highest BCUT2D eigenvalue weighted by Crippen LogP contribution is 2.41. The number of hydrazone groups is 1. The van der Waals surface area contributed by atoms with Crippen molar-refractivity contribution in [3.63, 3.8) is 0 Å². The lowest BCUT2D eigenvalue weighted by Crippen LogP contribution is -2.39. The minimum absolute atomic E-state index is 0.0243. The number of nitrogens with two attached hydrogens (primary N) is 2. The maximum atomic E-state index is 13.0. The number of rotatable bonds is 7. The first-order chi connectivity index (χ1) is 15.8. The Kier molecular flexibility index (Phi) is 7.58. The smallest absolute Gasteiger partial charge is 0.335 e. The third-order valence-corrected chi connectivity index (χ3v) is 6.39. The molecule has 2 aromatic carbocycles. The molecular formula is C23H26N6O3S. The number of amides is 1. The van der Waals surface area contributed by atoms with E-state index >= 15 is 0 Å². The zero-order valence-electron chi connectivity index (χ0n) is 18.5. The fourth-order valence-electron chi connectivity index (χ4n) is 3.58. The molecule has 0 bridgehead atoms. The van der Waals surface area contributed by atoms with Crippen LogP contribution in [0.1, 0.15) is 52.7 Å². The molecule has 1 saturated carbocycles. The first-order valence-electron chi connectivity index (χ1n) is 10.4. The van der Waals surface area contributed by atoms with E-state index in [-0.39, 0.29) is 33.6 Å². The van der Waals surface area contributed by atoms with E-state index < -0.39 is 5.97 Å². The van der Waals surface area contributed by atoms with Crippen molar-refractivity contribution in [2.24, 2.45) is 16.8 Å². The van der Waals surface area contributed by atoms with Gasteiger partial charge in [0.2, 0.25) is 11.1 Å². The van der Waals surface area contributed by atoms with Gasteiger partial charge in [-0.05, 0) is 68.0 Å². The van der Waals surface area contributed by atoms with Crippen molar-refractivity contribution in [2.75, 3.05) is 22.2 Å². The molecule has 0 aliphatic heterocycles. The summed E-state index contributed by atoms with van der Waals surface area (Å²) in [5, 5.41) is 23.4. The number of benzene rings is 2. The number of hydrogen-bond donors (Lipinski definition) is 3. The summed E-state index contributed by atoms with van der Waals surface area (Å²) in [7, 11) is 0.